The second-order valence-corrected chi connectivity index (χ2v) is 8.76. The predicted octanol–water partition coefficient (Wildman–Crippen LogP) is 2.79. The Morgan fingerprint density at radius 1 is 1.15 bits per heavy atom. The molecule has 0 fully saturated rings. The first kappa shape index (κ1) is 22.9. The Bertz CT molecular complexity index is 1560. The van der Waals surface area contributed by atoms with Gasteiger partial charge < -0.3 is 20.7 Å². The van der Waals surface area contributed by atoms with E-state index in [1.165, 1.54) is 48.7 Å². The Labute approximate surface area is 195 Å². The van der Waals surface area contributed by atoms with Crippen molar-refractivity contribution < 1.29 is 19.1 Å². The highest BCUT2D eigenvalue weighted by Crippen LogP contribution is 2.24. The summed E-state index contributed by atoms with van der Waals surface area (Å²) in [5.41, 5.74) is -1.16. The summed E-state index contributed by atoms with van der Waals surface area (Å²) < 4.78 is 15.0. The van der Waals surface area contributed by atoms with E-state index >= 15 is 0 Å². The Balaban J connectivity index is 1.74. The van der Waals surface area contributed by atoms with Gasteiger partial charge in [-0.15, -0.1) is 11.3 Å². The number of hydrogen-bond donors (Lipinski definition) is 4. The Hall–Kier alpha value is -4.25. The van der Waals surface area contributed by atoms with Crippen LogP contribution in [0.1, 0.15) is 26.2 Å². The lowest BCUT2D eigenvalue weighted by Gasteiger charge is -2.14. The number of anilines is 1. The Kier molecular flexibility index (Phi) is 6.03. The summed E-state index contributed by atoms with van der Waals surface area (Å²) in [6.07, 6.45) is 0. The van der Waals surface area contributed by atoms with Crippen molar-refractivity contribution in [2.75, 3.05) is 12.4 Å². The molecule has 4 N–H and O–H groups in total. The maximum Gasteiger partial charge on any atom is 0.333 e. The molecule has 0 bridgehead atoms. The third-order valence-electron chi connectivity index (χ3n) is 5.19. The van der Waals surface area contributed by atoms with E-state index in [-0.39, 0.29) is 27.8 Å². The number of aryl methyl sites for hydroxylation is 1. The molecule has 0 aliphatic rings. The van der Waals surface area contributed by atoms with Crippen LogP contribution in [-0.4, -0.2) is 33.6 Å². The molecule has 0 aliphatic heterocycles. The number of aromatic amines is 1. The van der Waals surface area contributed by atoms with Gasteiger partial charge in [-0.2, -0.15) is 0 Å². The zero-order valence-corrected chi connectivity index (χ0v) is 18.8. The molecule has 174 valence electrons. The highest BCUT2D eigenvalue weighted by molar-refractivity contribution is 7.12. The molecule has 0 saturated carbocycles. The van der Waals surface area contributed by atoms with E-state index in [4.69, 9.17) is 0 Å². The van der Waals surface area contributed by atoms with Gasteiger partial charge in [0.05, 0.1) is 22.3 Å². The molecule has 1 amide bonds. The van der Waals surface area contributed by atoms with Crippen LogP contribution in [0.2, 0.25) is 0 Å². The molecule has 0 aliphatic carbocycles. The van der Waals surface area contributed by atoms with Crippen molar-refractivity contribution in [2.45, 2.75) is 13.0 Å². The molecular formula is C23H19FN4O5S. The number of nitrogens with zero attached hydrogens (tertiary/aromatic N) is 1. The number of carboxylic acids is 1. The number of benzene rings is 2. The van der Waals surface area contributed by atoms with Gasteiger partial charge >= 0.3 is 11.7 Å². The molecule has 4 aromatic rings. The normalized spacial score (nSPS) is 11.9. The van der Waals surface area contributed by atoms with Crippen LogP contribution in [0.15, 0.2) is 58.1 Å². The molecule has 9 nitrogen and oxygen atoms in total. The van der Waals surface area contributed by atoms with Crippen molar-refractivity contribution >= 4 is 39.8 Å². The number of carbonyl (C=O) groups is 2. The fourth-order valence-corrected chi connectivity index (χ4v) is 4.45. The lowest BCUT2D eigenvalue weighted by Crippen LogP contribution is -2.35. The SMILES string of the molecule is CNc1cc2[nH]c(=O)n(-c3cccc(C(=O)NC(C(=O)O)c4ccc(C)s4)c3)c(=O)c2cc1F. The summed E-state index contributed by atoms with van der Waals surface area (Å²) in [6, 6.07) is 10.1. The number of hydrogen-bond acceptors (Lipinski definition) is 6. The number of fused-ring (bicyclic) bond motifs is 1. The molecule has 2 heterocycles. The molecular weight excluding hydrogens is 463 g/mol. The van der Waals surface area contributed by atoms with Gasteiger partial charge in [-0.1, -0.05) is 6.07 Å². The van der Waals surface area contributed by atoms with Gasteiger partial charge in [-0.3, -0.25) is 9.59 Å². The third kappa shape index (κ3) is 4.20. The molecule has 0 spiro atoms. The second kappa shape index (κ2) is 8.94. The van der Waals surface area contributed by atoms with Crippen LogP contribution in [0.25, 0.3) is 16.6 Å². The number of amides is 1. The number of thiophene rings is 1. The lowest BCUT2D eigenvalue weighted by atomic mass is 10.1. The first-order chi connectivity index (χ1) is 16.2. The van der Waals surface area contributed by atoms with Gasteiger partial charge in [0.25, 0.3) is 11.5 Å². The number of nitrogens with one attached hydrogen (secondary N) is 3. The van der Waals surface area contributed by atoms with Crippen molar-refractivity contribution in [2.24, 2.45) is 0 Å². The first-order valence-corrected chi connectivity index (χ1v) is 10.9. The van der Waals surface area contributed by atoms with Crippen LogP contribution in [-0.2, 0) is 4.79 Å². The van der Waals surface area contributed by atoms with Crippen molar-refractivity contribution in [3.05, 3.63) is 90.5 Å². The number of halogens is 1. The summed E-state index contributed by atoms with van der Waals surface area (Å²) in [5, 5.41) is 14.6. The first-order valence-electron chi connectivity index (χ1n) is 10.1. The van der Waals surface area contributed by atoms with Crippen molar-refractivity contribution in [1.82, 2.24) is 14.9 Å². The van der Waals surface area contributed by atoms with E-state index in [2.05, 4.69) is 15.6 Å². The van der Waals surface area contributed by atoms with E-state index in [0.29, 0.717) is 4.88 Å². The average molecular weight is 482 g/mol. The summed E-state index contributed by atoms with van der Waals surface area (Å²) in [6.45, 7) is 1.82. The number of rotatable bonds is 6. The third-order valence-corrected chi connectivity index (χ3v) is 6.25. The van der Waals surface area contributed by atoms with E-state index in [9.17, 15) is 28.7 Å². The van der Waals surface area contributed by atoms with Gasteiger partial charge in [-0.05, 0) is 49.4 Å². The maximum absolute atomic E-state index is 14.2. The minimum Gasteiger partial charge on any atom is -0.479 e. The topological polar surface area (TPSA) is 133 Å². The summed E-state index contributed by atoms with van der Waals surface area (Å²) >= 11 is 1.25. The molecule has 2 aromatic carbocycles. The predicted molar refractivity (Wildman–Crippen MR) is 127 cm³/mol. The zero-order chi connectivity index (χ0) is 24.6. The van der Waals surface area contributed by atoms with Crippen LogP contribution in [0.5, 0.6) is 0 Å². The Morgan fingerprint density at radius 2 is 1.91 bits per heavy atom. The highest BCUT2D eigenvalue weighted by atomic mass is 32.1. The van der Waals surface area contributed by atoms with Crippen LogP contribution in [0, 0.1) is 12.7 Å². The van der Waals surface area contributed by atoms with Crippen LogP contribution in [0.4, 0.5) is 10.1 Å². The molecule has 11 heteroatoms. The van der Waals surface area contributed by atoms with Crippen LogP contribution < -0.4 is 21.9 Å². The monoisotopic (exact) mass is 482 g/mol. The quantitative estimate of drug-likeness (QED) is 0.334. The molecule has 34 heavy (non-hydrogen) atoms. The largest absolute Gasteiger partial charge is 0.479 e. The minimum atomic E-state index is -1.26. The van der Waals surface area contributed by atoms with Gasteiger partial charge in [-0.25, -0.2) is 18.5 Å². The summed E-state index contributed by atoms with van der Waals surface area (Å²) in [5.74, 6) is -2.59. The average Bonchev–Trinajstić information content (AvgIpc) is 3.23. The number of aromatic nitrogens is 2. The molecule has 4 rings (SSSR count). The van der Waals surface area contributed by atoms with Gasteiger partial charge in [0.15, 0.2) is 6.04 Å². The van der Waals surface area contributed by atoms with Crippen molar-refractivity contribution in [3.63, 3.8) is 0 Å². The Morgan fingerprint density at radius 3 is 2.56 bits per heavy atom. The number of carboxylic acid groups (broad SMARTS) is 1. The summed E-state index contributed by atoms with van der Waals surface area (Å²) in [4.78, 5) is 54.1. The molecule has 1 unspecified atom stereocenters. The lowest BCUT2D eigenvalue weighted by molar-refractivity contribution is -0.139. The molecule has 2 aromatic heterocycles. The number of carbonyl (C=O) groups excluding carboxylic acids is 1. The van der Waals surface area contributed by atoms with Crippen molar-refractivity contribution in [1.29, 1.82) is 0 Å². The fourth-order valence-electron chi connectivity index (χ4n) is 3.53. The van der Waals surface area contributed by atoms with Gasteiger partial charge in [0.1, 0.15) is 5.82 Å². The van der Waals surface area contributed by atoms with E-state index < -0.39 is 35.0 Å². The zero-order valence-electron chi connectivity index (χ0n) is 18.0. The standard InChI is InChI=1S/C23H19FN4O5S/c1-11-6-7-18(34-11)19(22(31)32)27-20(29)12-4-3-5-13(8-12)28-21(30)14-9-15(24)17(25-2)10-16(14)26-23(28)33/h3-10,19,25H,1-2H3,(H,26,33)(H,27,29)(H,31,32). The van der Waals surface area contributed by atoms with Crippen LogP contribution in [0.3, 0.4) is 0 Å². The number of aliphatic carboxylic acids is 1. The smallest absolute Gasteiger partial charge is 0.333 e. The van der Waals surface area contributed by atoms with E-state index in [1.807, 2.05) is 6.92 Å². The second-order valence-electron chi connectivity index (χ2n) is 7.44. The van der Waals surface area contributed by atoms with Crippen molar-refractivity contribution in [3.8, 4) is 5.69 Å². The molecule has 1 atom stereocenters. The van der Waals surface area contributed by atoms with E-state index in [0.717, 1.165) is 15.5 Å². The van der Waals surface area contributed by atoms with Gasteiger partial charge in [0.2, 0.25) is 0 Å². The number of H-pyrrole nitrogens is 1. The fraction of sp³-hybridized carbons (Fsp3) is 0.130. The highest BCUT2D eigenvalue weighted by Gasteiger charge is 2.24. The van der Waals surface area contributed by atoms with Gasteiger partial charge in [0, 0.05) is 22.4 Å². The van der Waals surface area contributed by atoms with Crippen LogP contribution >= 0.6 is 11.3 Å². The molecule has 0 radical (unpaired) electrons. The minimum absolute atomic E-state index is 0.0418. The molecule has 0 saturated heterocycles. The maximum atomic E-state index is 14.2. The van der Waals surface area contributed by atoms with E-state index in [1.54, 1.807) is 12.1 Å². The summed E-state index contributed by atoms with van der Waals surface area (Å²) in [7, 11) is 1.51.